The molecule has 1 fully saturated rings. The van der Waals surface area contributed by atoms with Gasteiger partial charge in [0.1, 0.15) is 18.3 Å². The average molecular weight is 635 g/mol. The molecule has 0 heterocycles. The molecule has 0 aliphatic heterocycles. The van der Waals surface area contributed by atoms with Crippen LogP contribution >= 0.6 is 0 Å². The Morgan fingerprint density at radius 2 is 1.40 bits per heavy atom. The van der Waals surface area contributed by atoms with Crippen molar-refractivity contribution in [2.24, 2.45) is 11.8 Å². The van der Waals surface area contributed by atoms with Crippen LogP contribution in [0.4, 0.5) is 11.4 Å². The zero-order valence-electron chi connectivity index (χ0n) is 27.7. The summed E-state index contributed by atoms with van der Waals surface area (Å²) in [5, 5.41) is 17.7. The van der Waals surface area contributed by atoms with Crippen molar-refractivity contribution in [3.8, 4) is 11.5 Å². The van der Waals surface area contributed by atoms with Gasteiger partial charge >= 0.3 is 0 Å². The zero-order chi connectivity index (χ0) is 33.9. The number of ketones is 1. The highest BCUT2D eigenvalue weighted by molar-refractivity contribution is 6.10. The molecule has 244 valence electrons. The number of ether oxygens (including phenoxy) is 2. The van der Waals surface area contributed by atoms with E-state index in [1.807, 2.05) is 88.4 Å². The second-order valence-electron chi connectivity index (χ2n) is 12.8. The maximum atomic E-state index is 14.2. The van der Waals surface area contributed by atoms with Gasteiger partial charge in [-0.1, -0.05) is 71.8 Å². The fraction of sp³-hybridized carbons (Fsp3) is 0.308. The Morgan fingerprint density at radius 1 is 0.809 bits per heavy atom. The molecule has 0 aromatic heterocycles. The molecule has 1 saturated carbocycles. The van der Waals surface area contributed by atoms with E-state index in [0.717, 1.165) is 27.8 Å². The number of Topliss-reactive ketones (excluding diaryl/α,β-unsaturated/α-hetero) is 1. The number of aliphatic hydroxyl groups is 1. The number of hydrogen-bond acceptors (Lipinski definition) is 6. The average Bonchev–Trinajstić information content (AvgIpc) is 3.02. The maximum Gasteiger partial charge on any atom is 0.235 e. The number of amides is 2. The molecule has 47 heavy (non-hydrogen) atoms. The van der Waals surface area contributed by atoms with Crippen molar-refractivity contribution in [3.63, 3.8) is 0 Å². The van der Waals surface area contributed by atoms with Gasteiger partial charge in [0.15, 0.2) is 11.5 Å². The van der Waals surface area contributed by atoms with Crippen molar-refractivity contribution in [2.45, 2.75) is 59.2 Å². The van der Waals surface area contributed by atoms with Gasteiger partial charge in [-0.25, -0.2) is 0 Å². The Kier molecular flexibility index (Phi) is 9.82. The van der Waals surface area contributed by atoms with Crippen LogP contribution in [0.15, 0.2) is 84.9 Å². The lowest BCUT2D eigenvalue weighted by Crippen LogP contribution is -2.56. The van der Waals surface area contributed by atoms with Crippen LogP contribution in [0.2, 0.25) is 0 Å². The second-order valence-corrected chi connectivity index (χ2v) is 12.8. The van der Waals surface area contributed by atoms with Gasteiger partial charge < -0.3 is 25.2 Å². The molecule has 0 spiro atoms. The number of methoxy groups -OCH3 is 1. The van der Waals surface area contributed by atoms with Crippen molar-refractivity contribution >= 4 is 29.0 Å². The number of benzene rings is 4. The summed E-state index contributed by atoms with van der Waals surface area (Å²) < 4.78 is 11.8. The van der Waals surface area contributed by atoms with Gasteiger partial charge in [0.25, 0.3) is 0 Å². The van der Waals surface area contributed by atoms with E-state index < -0.39 is 41.0 Å². The molecule has 1 aliphatic carbocycles. The van der Waals surface area contributed by atoms with Gasteiger partial charge in [-0.05, 0) is 81.1 Å². The standard InChI is InChI=1S/C39H42N2O6/c1-23-12-15-29(25(3)18-23)40-37(43)35-31(42)21-39(5,45)36(38(44)41-30-16-13-24(2)19-26(30)4)34(35)28-14-17-32(33(20-28)46-6)47-22-27-10-8-7-9-11-27/h7-20,34-36,45H,21-22H2,1-6H3,(H,40,43)(H,41,44). The highest BCUT2D eigenvalue weighted by atomic mass is 16.5. The first-order chi connectivity index (χ1) is 22.4. The molecule has 2 amide bonds. The van der Waals surface area contributed by atoms with Crippen LogP contribution in [0, 0.1) is 39.5 Å². The summed E-state index contributed by atoms with van der Waals surface area (Å²) in [6.45, 7) is 9.48. The molecule has 4 unspecified atom stereocenters. The summed E-state index contributed by atoms with van der Waals surface area (Å²) in [4.78, 5) is 42.2. The van der Waals surface area contributed by atoms with E-state index in [1.54, 1.807) is 24.3 Å². The van der Waals surface area contributed by atoms with Crippen LogP contribution in [0.5, 0.6) is 11.5 Å². The minimum absolute atomic E-state index is 0.301. The van der Waals surface area contributed by atoms with Crippen LogP contribution in [0.25, 0.3) is 0 Å². The lowest BCUT2D eigenvalue weighted by molar-refractivity contribution is -0.150. The largest absolute Gasteiger partial charge is 0.493 e. The predicted molar refractivity (Wildman–Crippen MR) is 183 cm³/mol. The fourth-order valence-corrected chi connectivity index (χ4v) is 6.57. The van der Waals surface area contributed by atoms with Crippen LogP contribution in [-0.2, 0) is 21.0 Å². The minimum Gasteiger partial charge on any atom is -0.493 e. The number of carbonyl (C=O) groups excluding carboxylic acids is 3. The molecular formula is C39H42N2O6. The first-order valence-corrected chi connectivity index (χ1v) is 15.7. The van der Waals surface area contributed by atoms with E-state index in [0.29, 0.717) is 35.0 Å². The van der Waals surface area contributed by atoms with E-state index in [9.17, 15) is 19.5 Å². The van der Waals surface area contributed by atoms with Crippen molar-refractivity contribution in [3.05, 3.63) is 118 Å². The molecule has 0 saturated heterocycles. The third-order valence-corrected chi connectivity index (χ3v) is 8.92. The van der Waals surface area contributed by atoms with Gasteiger partial charge in [0.05, 0.1) is 18.6 Å². The Balaban J connectivity index is 1.57. The topological polar surface area (TPSA) is 114 Å². The Morgan fingerprint density at radius 3 is 1.98 bits per heavy atom. The number of carbonyl (C=O) groups is 3. The van der Waals surface area contributed by atoms with Gasteiger partial charge in [-0.15, -0.1) is 0 Å². The van der Waals surface area contributed by atoms with E-state index in [1.165, 1.54) is 14.0 Å². The molecule has 0 bridgehead atoms. The van der Waals surface area contributed by atoms with Crippen molar-refractivity contribution in [2.75, 3.05) is 17.7 Å². The van der Waals surface area contributed by atoms with Crippen LogP contribution < -0.4 is 20.1 Å². The minimum atomic E-state index is -1.75. The molecule has 4 aromatic carbocycles. The van der Waals surface area contributed by atoms with Gasteiger partial charge in [-0.3, -0.25) is 14.4 Å². The Bertz CT molecular complexity index is 1800. The highest BCUT2D eigenvalue weighted by Gasteiger charge is 2.56. The van der Waals surface area contributed by atoms with Crippen LogP contribution in [-0.4, -0.2) is 35.4 Å². The molecule has 1 aliphatic rings. The van der Waals surface area contributed by atoms with Crippen molar-refractivity contribution in [1.29, 1.82) is 0 Å². The van der Waals surface area contributed by atoms with Gasteiger partial charge in [-0.2, -0.15) is 0 Å². The number of aryl methyl sites for hydroxylation is 4. The molecule has 8 nitrogen and oxygen atoms in total. The van der Waals surface area contributed by atoms with Gasteiger partial charge in [0, 0.05) is 23.7 Å². The number of hydrogen-bond donors (Lipinski definition) is 3. The monoisotopic (exact) mass is 634 g/mol. The van der Waals surface area contributed by atoms with E-state index in [-0.39, 0.29) is 6.42 Å². The lowest BCUT2D eigenvalue weighted by Gasteiger charge is -2.44. The number of anilines is 2. The first kappa shape index (κ1) is 33.4. The van der Waals surface area contributed by atoms with Crippen LogP contribution in [0.3, 0.4) is 0 Å². The molecule has 0 radical (unpaired) electrons. The number of rotatable bonds is 9. The lowest BCUT2D eigenvalue weighted by atomic mass is 9.61. The van der Waals surface area contributed by atoms with E-state index in [2.05, 4.69) is 10.6 Å². The highest BCUT2D eigenvalue weighted by Crippen LogP contribution is 2.48. The molecule has 3 N–H and O–H groups in total. The molecule has 4 aromatic rings. The fourth-order valence-electron chi connectivity index (χ4n) is 6.57. The zero-order valence-corrected chi connectivity index (χ0v) is 27.7. The van der Waals surface area contributed by atoms with Crippen molar-refractivity contribution in [1.82, 2.24) is 0 Å². The third-order valence-electron chi connectivity index (χ3n) is 8.92. The number of nitrogens with one attached hydrogen (secondary N) is 2. The summed E-state index contributed by atoms with van der Waals surface area (Å²) in [5.41, 5.74) is 4.64. The SMILES string of the molecule is COc1cc(C2C(C(=O)Nc3ccc(C)cc3C)C(=O)CC(C)(O)C2C(=O)Nc2ccc(C)cc2C)ccc1OCc1ccccc1. The van der Waals surface area contributed by atoms with Gasteiger partial charge in [0.2, 0.25) is 11.8 Å². The Labute approximate surface area is 276 Å². The van der Waals surface area contributed by atoms with E-state index in [4.69, 9.17) is 9.47 Å². The van der Waals surface area contributed by atoms with Crippen molar-refractivity contribution < 1.29 is 29.0 Å². The molecular weight excluding hydrogens is 592 g/mol. The predicted octanol–water partition coefficient (Wildman–Crippen LogP) is 6.83. The molecule has 4 atom stereocenters. The van der Waals surface area contributed by atoms with Crippen LogP contribution in [0.1, 0.15) is 52.6 Å². The molecule has 8 heteroatoms. The second kappa shape index (κ2) is 13.8. The maximum absolute atomic E-state index is 14.2. The summed E-state index contributed by atoms with van der Waals surface area (Å²) in [6.07, 6.45) is -0.366. The summed E-state index contributed by atoms with van der Waals surface area (Å²) in [5.74, 6) is -4.13. The first-order valence-electron chi connectivity index (χ1n) is 15.7. The smallest absolute Gasteiger partial charge is 0.235 e. The summed E-state index contributed by atoms with van der Waals surface area (Å²) in [6, 6.07) is 26.1. The Hall–Kier alpha value is -4.95. The van der Waals surface area contributed by atoms with E-state index >= 15 is 0 Å². The summed E-state index contributed by atoms with van der Waals surface area (Å²) in [7, 11) is 1.51. The quantitative estimate of drug-likeness (QED) is 0.174. The normalized spacial score (nSPS) is 20.7. The molecule has 5 rings (SSSR count). The summed E-state index contributed by atoms with van der Waals surface area (Å²) >= 11 is 0. The third kappa shape index (κ3) is 7.39.